The topological polar surface area (TPSA) is 38.0 Å². The van der Waals surface area contributed by atoms with Crippen LogP contribution in [0.2, 0.25) is 0 Å². The summed E-state index contributed by atoms with van der Waals surface area (Å²) in [7, 11) is 0. The molecule has 0 bridgehead atoms. The van der Waals surface area contributed by atoms with Gasteiger partial charge in [0.2, 0.25) is 0 Å². The van der Waals surface area contributed by atoms with E-state index in [0.29, 0.717) is 16.9 Å². The van der Waals surface area contributed by atoms with E-state index in [-0.39, 0.29) is 16.8 Å². The molecule has 0 fully saturated rings. The van der Waals surface area contributed by atoms with E-state index in [1.54, 1.807) is 12.1 Å². The van der Waals surface area contributed by atoms with E-state index in [9.17, 15) is 5.26 Å². The third-order valence-electron chi connectivity index (χ3n) is 9.88. The molecule has 7 heteroatoms. The quantitative estimate of drug-likeness (QED) is 0.174. The van der Waals surface area contributed by atoms with Crippen molar-refractivity contribution in [3.8, 4) is 28.6 Å². The van der Waals surface area contributed by atoms with Gasteiger partial charge in [0, 0.05) is 27.1 Å². The minimum atomic E-state index is -4.76. The first-order valence-corrected chi connectivity index (χ1v) is 16.2. The highest BCUT2D eigenvalue weighted by molar-refractivity contribution is 6.13. The first-order valence-electron chi connectivity index (χ1n) is 16.2. The first kappa shape index (κ1) is 31.0. The van der Waals surface area contributed by atoms with Crippen LogP contribution in [0.4, 0.5) is 18.9 Å². The molecule has 8 rings (SSSR count). The zero-order chi connectivity index (χ0) is 35.1. The van der Waals surface area contributed by atoms with Gasteiger partial charge in [-0.15, -0.1) is 0 Å². The average Bonchev–Trinajstić information content (AvgIpc) is 3.63. The van der Waals surface area contributed by atoms with Crippen LogP contribution in [0, 0.1) is 45.6 Å². The fraction of sp³-hybridized carbons (Fsp3) is 0.116. The van der Waals surface area contributed by atoms with Gasteiger partial charge in [-0.1, -0.05) is 91.0 Å². The Morgan fingerprint density at radius 3 is 1.42 bits per heavy atom. The normalized spacial score (nSPS) is 11.9. The highest BCUT2D eigenvalue weighted by Crippen LogP contribution is 2.48. The summed E-state index contributed by atoms with van der Waals surface area (Å²) in [5.41, 5.74) is 7.23. The van der Waals surface area contributed by atoms with Gasteiger partial charge in [-0.3, -0.25) is 0 Å². The molecule has 0 aliphatic heterocycles. The molecule has 0 saturated carbocycles. The number of hydrogen-bond acceptors (Lipinski definition) is 1. The largest absolute Gasteiger partial charge is 0.415 e. The van der Waals surface area contributed by atoms with Gasteiger partial charge in [-0.2, -0.15) is 18.4 Å². The Labute approximate surface area is 286 Å². The van der Waals surface area contributed by atoms with Gasteiger partial charge in [-0.25, -0.2) is 4.85 Å². The van der Waals surface area contributed by atoms with E-state index in [1.807, 2.05) is 110 Å². The lowest BCUT2D eigenvalue weighted by Crippen LogP contribution is -2.10. The predicted molar refractivity (Wildman–Crippen MR) is 195 cm³/mol. The Morgan fingerprint density at radius 2 is 1.02 bits per heavy atom. The molecule has 0 atom stereocenters. The summed E-state index contributed by atoms with van der Waals surface area (Å²) in [6, 6.07) is 33.5. The Hall–Kier alpha value is -6.31. The molecule has 0 aliphatic rings. The van der Waals surface area contributed by atoms with Crippen LogP contribution in [-0.4, -0.2) is 9.13 Å². The third kappa shape index (κ3) is 4.37. The van der Waals surface area contributed by atoms with Crippen LogP contribution in [0.5, 0.6) is 0 Å². The number of hydrogen-bond donors (Lipinski definition) is 0. The molecular formula is C43H29F3N4. The number of halogens is 3. The van der Waals surface area contributed by atoms with Crippen LogP contribution < -0.4 is 0 Å². The standard InChI is InChI=1S/C43H29F3N4/c1-24-11-6-15-29-30-16-7-12-25(2)40(30)49(39(24)29)36-22-33(38-34(43(44,45)46)19-10-20-35(38)48-5)37(21-28(36)23-47)50-41-26(3)13-8-17-31(41)32-18-9-14-27(4)42(32)50/h6-22H,1-4H3. The summed E-state index contributed by atoms with van der Waals surface area (Å²) in [5.74, 6) is 0. The lowest BCUT2D eigenvalue weighted by molar-refractivity contribution is -0.137. The summed E-state index contributed by atoms with van der Waals surface area (Å²) in [6.45, 7) is 16.0. The maximum atomic E-state index is 15.0. The fourth-order valence-electron chi connectivity index (χ4n) is 7.79. The molecular weight excluding hydrogens is 629 g/mol. The second-order valence-corrected chi connectivity index (χ2v) is 12.9. The van der Waals surface area contributed by atoms with Gasteiger partial charge >= 0.3 is 6.18 Å². The van der Waals surface area contributed by atoms with Crippen molar-refractivity contribution in [2.45, 2.75) is 33.9 Å². The van der Waals surface area contributed by atoms with Crippen molar-refractivity contribution in [2.24, 2.45) is 0 Å². The number of aromatic nitrogens is 2. The maximum Gasteiger partial charge on any atom is 0.415 e. The zero-order valence-corrected chi connectivity index (χ0v) is 27.7. The van der Waals surface area contributed by atoms with Crippen LogP contribution in [0.15, 0.2) is 103 Å². The SMILES string of the molecule is [C-]#[N+]c1cccc(C(F)(F)F)c1-c1cc(-n2c3c(C)cccc3c3cccc(C)c32)c(C#N)cc1-n1c2c(C)cccc2c2cccc(C)c21. The fourth-order valence-corrected chi connectivity index (χ4v) is 7.79. The number of para-hydroxylation sites is 4. The summed E-state index contributed by atoms with van der Waals surface area (Å²) >= 11 is 0. The minimum absolute atomic E-state index is 0.125. The van der Waals surface area contributed by atoms with Gasteiger partial charge in [0.1, 0.15) is 6.07 Å². The molecule has 0 radical (unpaired) electrons. The third-order valence-corrected chi connectivity index (χ3v) is 9.88. The molecule has 0 N–H and O–H groups in total. The van der Waals surface area contributed by atoms with Crippen molar-refractivity contribution in [3.63, 3.8) is 0 Å². The molecule has 0 aliphatic carbocycles. The van der Waals surface area contributed by atoms with Gasteiger partial charge in [0.05, 0.1) is 51.1 Å². The monoisotopic (exact) mass is 658 g/mol. The van der Waals surface area contributed by atoms with Crippen molar-refractivity contribution in [1.82, 2.24) is 9.13 Å². The average molecular weight is 659 g/mol. The van der Waals surface area contributed by atoms with E-state index in [1.165, 1.54) is 12.1 Å². The summed E-state index contributed by atoms with van der Waals surface area (Å²) in [6.07, 6.45) is -4.76. The second-order valence-electron chi connectivity index (χ2n) is 12.9. The molecule has 0 saturated heterocycles. The Balaban J connectivity index is 1.65. The van der Waals surface area contributed by atoms with E-state index in [2.05, 4.69) is 10.9 Å². The number of aryl methyl sites for hydroxylation is 4. The molecule has 50 heavy (non-hydrogen) atoms. The maximum absolute atomic E-state index is 15.0. The number of fused-ring (bicyclic) bond motifs is 6. The van der Waals surface area contributed by atoms with Crippen molar-refractivity contribution >= 4 is 49.3 Å². The van der Waals surface area contributed by atoms with E-state index in [4.69, 9.17) is 6.57 Å². The van der Waals surface area contributed by atoms with Gasteiger partial charge < -0.3 is 9.13 Å². The van der Waals surface area contributed by atoms with Gasteiger partial charge in [0.15, 0.2) is 5.69 Å². The number of alkyl halides is 3. The first-order chi connectivity index (χ1) is 24.0. The molecule has 2 aromatic heterocycles. The van der Waals surface area contributed by atoms with Crippen LogP contribution in [-0.2, 0) is 6.18 Å². The minimum Gasteiger partial charge on any atom is -0.308 e. The van der Waals surface area contributed by atoms with E-state index in [0.717, 1.165) is 71.9 Å². The van der Waals surface area contributed by atoms with Gasteiger partial charge in [0.25, 0.3) is 0 Å². The Morgan fingerprint density at radius 1 is 0.600 bits per heavy atom. The highest BCUT2D eigenvalue weighted by atomic mass is 19.4. The van der Waals surface area contributed by atoms with Crippen LogP contribution in [0.25, 0.3) is 71.0 Å². The van der Waals surface area contributed by atoms with Crippen LogP contribution in [0.1, 0.15) is 33.4 Å². The number of nitriles is 1. The molecule has 2 heterocycles. The van der Waals surface area contributed by atoms with E-state index >= 15 is 13.2 Å². The number of nitrogens with zero attached hydrogens (tertiary/aromatic N) is 4. The summed E-state index contributed by atoms with van der Waals surface area (Å²) in [4.78, 5) is 3.64. The van der Waals surface area contributed by atoms with Crippen LogP contribution >= 0.6 is 0 Å². The molecule has 0 spiro atoms. The molecule has 0 amide bonds. The predicted octanol–water partition coefficient (Wildman–Crippen LogP) is 12.2. The lowest BCUT2D eigenvalue weighted by atomic mass is 9.93. The number of rotatable bonds is 3. The molecule has 0 unspecified atom stereocenters. The smallest absolute Gasteiger partial charge is 0.308 e. The number of benzene rings is 6. The molecule has 4 nitrogen and oxygen atoms in total. The summed E-state index contributed by atoms with van der Waals surface area (Å²) < 4.78 is 49.1. The lowest BCUT2D eigenvalue weighted by Gasteiger charge is -2.23. The highest BCUT2D eigenvalue weighted by Gasteiger charge is 2.36. The van der Waals surface area contributed by atoms with E-state index < -0.39 is 11.7 Å². The molecule has 8 aromatic rings. The Bertz CT molecular complexity index is 2700. The van der Waals surface area contributed by atoms with Crippen molar-refractivity contribution in [3.05, 3.63) is 148 Å². The van der Waals surface area contributed by atoms with Crippen LogP contribution in [0.3, 0.4) is 0 Å². The Kier molecular flexibility index (Phi) is 6.89. The zero-order valence-electron chi connectivity index (χ0n) is 27.7. The summed E-state index contributed by atoms with van der Waals surface area (Å²) in [5, 5.41) is 14.7. The molecule has 6 aromatic carbocycles. The van der Waals surface area contributed by atoms with Crippen molar-refractivity contribution in [2.75, 3.05) is 0 Å². The second kappa shape index (κ2) is 11.1. The van der Waals surface area contributed by atoms with Crippen molar-refractivity contribution < 1.29 is 13.2 Å². The van der Waals surface area contributed by atoms with Crippen molar-refractivity contribution in [1.29, 1.82) is 5.26 Å². The molecule has 242 valence electrons. The van der Waals surface area contributed by atoms with Gasteiger partial charge in [-0.05, 0) is 67.6 Å².